The Morgan fingerprint density at radius 2 is 2.43 bits per heavy atom. The summed E-state index contributed by atoms with van der Waals surface area (Å²) in [6.07, 6.45) is 7.39. The van der Waals surface area contributed by atoms with Gasteiger partial charge in [0.2, 0.25) is 0 Å². The molecule has 2 aromatic heterocycles. The molecular weight excluding hydrogens is 194 g/mol. The van der Waals surface area contributed by atoms with Crippen LogP contribution in [0.1, 0.15) is 5.56 Å². The number of hydrogen-bond donors (Lipinski definition) is 1. The summed E-state index contributed by atoms with van der Waals surface area (Å²) in [5.41, 5.74) is 1.12. The van der Waals surface area contributed by atoms with E-state index in [1.165, 1.54) is 0 Å². The zero-order chi connectivity index (χ0) is 9.64. The standard InChI is InChI=1S/C10H10N3S/c1-2-9(8-11-4-1)3-5-12-10-13-6-7-14-10/h1-2,4,6-7H,3,5H2,(H,12,13). The average Bonchev–Trinajstić information content (AvgIpc) is 2.72. The maximum Gasteiger partial charge on any atom is 0.182 e. The largest absolute Gasteiger partial charge is 0.361 e. The molecule has 2 heterocycles. The van der Waals surface area contributed by atoms with Crippen molar-refractivity contribution in [2.24, 2.45) is 0 Å². The number of aromatic nitrogens is 2. The quantitative estimate of drug-likeness (QED) is 0.827. The first-order chi connectivity index (χ1) is 6.95. The second-order valence-corrected chi connectivity index (χ2v) is 3.68. The summed E-state index contributed by atoms with van der Waals surface area (Å²) < 4.78 is 0. The number of thiazole rings is 1. The van der Waals surface area contributed by atoms with Crippen LogP contribution < -0.4 is 5.32 Å². The summed E-state index contributed by atoms with van der Waals surface area (Å²) in [5, 5.41) is 6.16. The smallest absolute Gasteiger partial charge is 0.182 e. The minimum Gasteiger partial charge on any atom is -0.361 e. The number of anilines is 1. The fraction of sp³-hybridized carbons (Fsp3) is 0.200. The molecule has 0 unspecified atom stereocenters. The monoisotopic (exact) mass is 204 g/mol. The van der Waals surface area contributed by atoms with E-state index in [9.17, 15) is 0 Å². The van der Waals surface area contributed by atoms with Gasteiger partial charge in [0.15, 0.2) is 5.13 Å². The highest BCUT2D eigenvalue weighted by atomic mass is 32.1. The van der Waals surface area contributed by atoms with E-state index in [0.717, 1.165) is 23.7 Å². The van der Waals surface area contributed by atoms with Crippen molar-refractivity contribution >= 4 is 16.5 Å². The van der Waals surface area contributed by atoms with Crippen molar-refractivity contribution in [2.45, 2.75) is 6.42 Å². The van der Waals surface area contributed by atoms with Crippen LogP contribution in [-0.4, -0.2) is 16.5 Å². The molecule has 4 heteroatoms. The summed E-state index contributed by atoms with van der Waals surface area (Å²) in [7, 11) is 0. The molecule has 3 nitrogen and oxygen atoms in total. The summed E-state index contributed by atoms with van der Waals surface area (Å²) in [6.45, 7) is 0.871. The topological polar surface area (TPSA) is 37.8 Å². The van der Waals surface area contributed by atoms with Gasteiger partial charge in [-0.25, -0.2) is 4.98 Å². The van der Waals surface area contributed by atoms with Gasteiger partial charge in [0.1, 0.15) is 0 Å². The van der Waals surface area contributed by atoms with Crippen molar-refractivity contribution in [2.75, 3.05) is 11.9 Å². The molecule has 2 aromatic rings. The zero-order valence-electron chi connectivity index (χ0n) is 7.60. The summed E-state index contributed by atoms with van der Waals surface area (Å²) in [4.78, 5) is 8.06. The van der Waals surface area contributed by atoms with Gasteiger partial charge in [-0.3, -0.25) is 4.98 Å². The van der Waals surface area contributed by atoms with Gasteiger partial charge in [0.25, 0.3) is 0 Å². The Morgan fingerprint density at radius 1 is 1.43 bits per heavy atom. The van der Waals surface area contributed by atoms with E-state index in [4.69, 9.17) is 0 Å². The fourth-order valence-electron chi connectivity index (χ4n) is 1.11. The normalized spacial score (nSPS) is 10.0. The lowest BCUT2D eigenvalue weighted by molar-refractivity contribution is 0.997. The molecule has 0 aliphatic rings. The molecule has 0 amide bonds. The van der Waals surface area contributed by atoms with Gasteiger partial charge in [0, 0.05) is 24.3 Å². The van der Waals surface area contributed by atoms with Gasteiger partial charge < -0.3 is 5.32 Å². The minimum atomic E-state index is 0.871. The van der Waals surface area contributed by atoms with Crippen LogP contribution in [0.2, 0.25) is 0 Å². The van der Waals surface area contributed by atoms with Crippen molar-refractivity contribution < 1.29 is 0 Å². The van der Waals surface area contributed by atoms with E-state index in [0.29, 0.717) is 0 Å². The highest BCUT2D eigenvalue weighted by Gasteiger charge is 1.94. The number of hydrogen-bond acceptors (Lipinski definition) is 4. The molecule has 0 saturated carbocycles. The van der Waals surface area contributed by atoms with Crippen LogP contribution in [0.5, 0.6) is 0 Å². The number of nitrogens with one attached hydrogen (secondary N) is 1. The first-order valence-corrected chi connectivity index (χ1v) is 5.28. The maximum atomic E-state index is 4.13. The van der Waals surface area contributed by atoms with E-state index >= 15 is 0 Å². The number of pyridine rings is 1. The molecular formula is C10H10N3S. The van der Waals surface area contributed by atoms with E-state index in [1.807, 2.05) is 17.5 Å². The average molecular weight is 204 g/mol. The molecule has 0 aliphatic heterocycles. The SMILES string of the molecule is [c]1ncccc1CCNc1nccs1. The molecule has 0 spiro atoms. The predicted octanol–water partition coefficient (Wildman–Crippen LogP) is 1.99. The van der Waals surface area contributed by atoms with Gasteiger partial charge in [-0.05, 0) is 18.1 Å². The first kappa shape index (κ1) is 9.15. The second kappa shape index (κ2) is 4.72. The van der Waals surface area contributed by atoms with Gasteiger partial charge in [0.05, 0.1) is 6.20 Å². The van der Waals surface area contributed by atoms with Gasteiger partial charge >= 0.3 is 0 Å². The molecule has 0 aliphatic carbocycles. The molecule has 0 aromatic carbocycles. The molecule has 0 atom stereocenters. The third-order valence-corrected chi connectivity index (χ3v) is 2.50. The predicted molar refractivity (Wildman–Crippen MR) is 57.4 cm³/mol. The highest BCUT2D eigenvalue weighted by molar-refractivity contribution is 7.13. The van der Waals surface area contributed by atoms with Gasteiger partial charge in [-0.2, -0.15) is 0 Å². The maximum absolute atomic E-state index is 4.13. The third kappa shape index (κ3) is 2.53. The third-order valence-electron chi connectivity index (χ3n) is 1.77. The Morgan fingerprint density at radius 3 is 3.14 bits per heavy atom. The molecule has 1 radical (unpaired) electrons. The van der Waals surface area contributed by atoms with Crippen molar-refractivity contribution in [1.82, 2.24) is 9.97 Å². The molecule has 2 rings (SSSR count). The Labute approximate surface area is 86.8 Å². The van der Waals surface area contributed by atoms with Gasteiger partial charge in [-0.1, -0.05) is 6.07 Å². The molecule has 0 bridgehead atoms. The first-order valence-electron chi connectivity index (χ1n) is 4.40. The highest BCUT2D eigenvalue weighted by Crippen LogP contribution is 2.09. The van der Waals surface area contributed by atoms with Crippen LogP contribution >= 0.6 is 11.3 Å². The summed E-state index contributed by atoms with van der Waals surface area (Å²) in [6, 6.07) is 3.95. The molecule has 0 fully saturated rings. The van der Waals surface area contributed by atoms with Crippen LogP contribution in [0.15, 0.2) is 29.9 Å². The molecule has 14 heavy (non-hydrogen) atoms. The Hall–Kier alpha value is -1.42. The van der Waals surface area contributed by atoms with Crippen LogP contribution in [0.25, 0.3) is 0 Å². The van der Waals surface area contributed by atoms with E-state index in [-0.39, 0.29) is 0 Å². The Kier molecular flexibility index (Phi) is 3.08. The van der Waals surface area contributed by atoms with Crippen LogP contribution in [0.3, 0.4) is 0 Å². The van der Waals surface area contributed by atoms with E-state index in [2.05, 4.69) is 21.5 Å². The minimum absolute atomic E-state index is 0.871. The summed E-state index contributed by atoms with van der Waals surface area (Å²) >= 11 is 1.61. The van der Waals surface area contributed by atoms with Gasteiger partial charge in [-0.15, -0.1) is 11.3 Å². The van der Waals surface area contributed by atoms with Crippen LogP contribution in [-0.2, 0) is 6.42 Å². The lowest BCUT2D eigenvalue weighted by Crippen LogP contribution is -2.04. The second-order valence-electron chi connectivity index (χ2n) is 2.79. The van der Waals surface area contributed by atoms with E-state index < -0.39 is 0 Å². The van der Waals surface area contributed by atoms with Crippen molar-refractivity contribution in [1.29, 1.82) is 0 Å². The lowest BCUT2D eigenvalue weighted by Gasteiger charge is -2.01. The van der Waals surface area contributed by atoms with E-state index in [1.54, 1.807) is 23.7 Å². The zero-order valence-corrected chi connectivity index (χ0v) is 8.42. The fourth-order valence-corrected chi connectivity index (χ4v) is 1.67. The van der Waals surface area contributed by atoms with Crippen molar-refractivity contribution in [3.63, 3.8) is 0 Å². The summed E-state index contributed by atoms with van der Waals surface area (Å²) in [5.74, 6) is 0. The van der Waals surface area contributed by atoms with Crippen molar-refractivity contribution in [3.05, 3.63) is 41.7 Å². The van der Waals surface area contributed by atoms with Crippen LogP contribution in [0, 0.1) is 6.20 Å². The molecule has 0 saturated heterocycles. The van der Waals surface area contributed by atoms with Crippen molar-refractivity contribution in [3.8, 4) is 0 Å². The Bertz CT molecular complexity index is 358. The lowest BCUT2D eigenvalue weighted by atomic mass is 10.2. The number of nitrogens with zero attached hydrogens (tertiary/aromatic N) is 2. The number of rotatable bonds is 4. The van der Waals surface area contributed by atoms with Crippen LogP contribution in [0.4, 0.5) is 5.13 Å². The molecule has 1 N–H and O–H groups in total. The molecule has 71 valence electrons. The Balaban J connectivity index is 1.79.